The first kappa shape index (κ1) is 51.9. The van der Waals surface area contributed by atoms with Gasteiger partial charge in [-0.2, -0.15) is 0 Å². The number of aliphatic hydroxyl groups excluding tert-OH is 1. The van der Waals surface area contributed by atoms with Crippen molar-refractivity contribution in [1.29, 1.82) is 0 Å². The quantitative estimate of drug-likeness (QED) is 0.106. The molecule has 19 heteroatoms. The molecule has 6 aliphatic rings. The number of benzene rings is 1. The lowest BCUT2D eigenvalue weighted by atomic mass is 9.44. The topological polar surface area (TPSA) is 207 Å². The predicted octanol–water partition coefficient (Wildman–Crippen LogP) is 6.54. The monoisotopic (exact) mass is 991 g/mol. The predicted molar refractivity (Wildman–Crippen MR) is 249 cm³/mol. The molecule has 11 atom stereocenters. The lowest BCUT2D eigenvalue weighted by molar-refractivity contribution is -0.232. The van der Waals surface area contributed by atoms with Crippen LogP contribution in [0.5, 0.6) is 5.75 Å². The van der Waals surface area contributed by atoms with Crippen molar-refractivity contribution in [2.24, 2.45) is 22.7 Å². The smallest absolute Gasteiger partial charge is 0.303 e. The fraction of sp³-hybridized carbons (Fsp3) is 0.673. The standard InChI is InChI=1S/C49H64F3N3O11S2/c1-6-45(3,7-2)68-25-40(59)53-24-39(58)55-36(16-17-41(60)61)42(62)54-28-10-14-31(15-11-28)64-30-12-8-27(9-13-30)43-65-38-22-32-33-21-35(51)34-20-29(56)18-19-46(34,4)48(33,52)37(57)23-47(32,5)49(38,66-43)44(63)67-26-50/h8-9,12-13,18-20,28,31-33,35-38,43,57H,6-7,10-11,14-17,21-26H2,1-5H3,(H,53,59)(H,54,62)(H,55,58)(H,60,61)/t28?,31?,32-,33-,35-,36-,37-,38+,43+,46-,47-,48-,49-/m0/s1. The Kier molecular flexibility index (Phi) is 15.6. The molecule has 1 heterocycles. The van der Waals surface area contributed by atoms with Crippen molar-refractivity contribution < 1.29 is 66.4 Å². The van der Waals surface area contributed by atoms with Gasteiger partial charge in [0, 0.05) is 39.5 Å². The number of fused-ring (bicyclic) bond motifs is 7. The molecule has 5 N–H and O–H groups in total. The molecule has 0 radical (unpaired) electrons. The van der Waals surface area contributed by atoms with Gasteiger partial charge in [-0.25, -0.2) is 13.2 Å². The Labute approximate surface area is 403 Å². The van der Waals surface area contributed by atoms with Crippen molar-refractivity contribution in [3.8, 4) is 5.75 Å². The Morgan fingerprint density at radius 3 is 2.35 bits per heavy atom. The molecule has 4 saturated carbocycles. The van der Waals surface area contributed by atoms with Crippen LogP contribution < -0.4 is 20.7 Å². The maximum Gasteiger partial charge on any atom is 0.303 e. The lowest BCUT2D eigenvalue weighted by Gasteiger charge is -2.63. The van der Waals surface area contributed by atoms with E-state index in [0.29, 0.717) is 48.8 Å². The minimum Gasteiger partial charge on any atom is -0.490 e. The average molecular weight is 992 g/mol. The average Bonchev–Trinajstić information content (AvgIpc) is 3.81. The van der Waals surface area contributed by atoms with E-state index in [1.165, 1.54) is 30.8 Å². The molecule has 374 valence electrons. The van der Waals surface area contributed by atoms with Crippen LogP contribution >= 0.6 is 23.5 Å². The van der Waals surface area contributed by atoms with E-state index < -0.39 is 99.3 Å². The summed E-state index contributed by atoms with van der Waals surface area (Å²) in [5, 5.41) is 28.6. The van der Waals surface area contributed by atoms with Crippen LogP contribution in [-0.4, -0.2) is 116 Å². The number of ether oxygens (including phenoxy) is 3. The molecule has 1 aromatic carbocycles. The van der Waals surface area contributed by atoms with Crippen LogP contribution in [0.3, 0.4) is 0 Å². The van der Waals surface area contributed by atoms with Gasteiger partial charge in [0.2, 0.25) is 22.8 Å². The second-order valence-corrected chi connectivity index (χ2v) is 22.3. The Morgan fingerprint density at radius 1 is 1.01 bits per heavy atom. The molecular formula is C49H64F3N3O11S2. The van der Waals surface area contributed by atoms with Crippen molar-refractivity contribution in [3.63, 3.8) is 0 Å². The van der Waals surface area contributed by atoms with Crippen molar-refractivity contribution in [3.05, 3.63) is 53.6 Å². The summed E-state index contributed by atoms with van der Waals surface area (Å²) in [5.41, 5.74) is -6.55. The van der Waals surface area contributed by atoms with Crippen molar-refractivity contribution in [1.82, 2.24) is 16.0 Å². The second kappa shape index (κ2) is 20.4. The Bertz CT molecular complexity index is 2170. The van der Waals surface area contributed by atoms with Gasteiger partial charge in [0.1, 0.15) is 24.0 Å². The van der Waals surface area contributed by atoms with Crippen LogP contribution in [0.1, 0.15) is 117 Å². The molecule has 14 nitrogen and oxygen atoms in total. The summed E-state index contributed by atoms with van der Waals surface area (Å²) in [6.45, 7) is 9.04. The number of carbonyl (C=O) groups is 6. The number of carboxylic acid groups (broad SMARTS) is 1. The molecule has 1 saturated heterocycles. The number of amides is 3. The number of carboxylic acids is 1. The van der Waals surface area contributed by atoms with Crippen LogP contribution in [0.15, 0.2) is 48.1 Å². The largest absolute Gasteiger partial charge is 0.490 e. The molecule has 5 aliphatic carbocycles. The van der Waals surface area contributed by atoms with Gasteiger partial charge in [-0.05, 0) is 107 Å². The number of carbonyl (C=O) groups excluding carboxylic acids is 5. The molecule has 5 fully saturated rings. The summed E-state index contributed by atoms with van der Waals surface area (Å²) in [7, 11) is 0. The summed E-state index contributed by atoms with van der Waals surface area (Å²) in [6.07, 6.45) is 1.12. The minimum atomic E-state index is -2.38. The van der Waals surface area contributed by atoms with E-state index in [1.807, 2.05) is 0 Å². The number of thioether (sulfide) groups is 2. The van der Waals surface area contributed by atoms with Crippen molar-refractivity contribution in [2.75, 3.05) is 18.3 Å². The van der Waals surface area contributed by atoms with Crippen molar-refractivity contribution >= 4 is 58.1 Å². The molecule has 0 spiro atoms. The third-order valence-electron chi connectivity index (χ3n) is 16.1. The number of aliphatic hydroxyl groups is 1. The number of hydrogen-bond acceptors (Lipinski definition) is 12. The van der Waals surface area contributed by atoms with Gasteiger partial charge in [-0.15, -0.1) is 11.8 Å². The first-order valence-electron chi connectivity index (χ1n) is 23.7. The number of rotatable bonds is 18. The first-order chi connectivity index (χ1) is 32.2. The second-order valence-electron chi connectivity index (χ2n) is 19.9. The van der Waals surface area contributed by atoms with Gasteiger partial charge < -0.3 is 40.4 Å². The summed E-state index contributed by atoms with van der Waals surface area (Å²) in [5.74, 6) is -4.08. The highest BCUT2D eigenvalue weighted by Crippen LogP contribution is 2.73. The van der Waals surface area contributed by atoms with Crippen LogP contribution in [0.2, 0.25) is 0 Å². The summed E-state index contributed by atoms with van der Waals surface area (Å²) >= 11 is 1.93. The SMILES string of the molecule is CCC(C)(CC)SCC(=O)NCC(=O)N[C@@H](CCC(=O)O)C(=O)NC1CCC(Oc2ccc([C@@H]3O[C@@H]4C[C@H]5[C@@H]6C[C@H](F)C7=CC(=O)C=C[C@]7(C)[C@@]6(F)[C@@H](O)C[C@]5(C)[C@]4(C(=O)SCF)O3)cc2)CC1. The molecule has 0 aromatic heterocycles. The van der Waals surface area contributed by atoms with Gasteiger partial charge in [0.05, 0.1) is 30.6 Å². The van der Waals surface area contributed by atoms with Crippen LogP contribution in [0, 0.1) is 22.7 Å². The maximum absolute atomic E-state index is 17.8. The molecule has 0 unspecified atom stereocenters. The van der Waals surface area contributed by atoms with Crippen LogP contribution in [0.4, 0.5) is 13.2 Å². The van der Waals surface area contributed by atoms with Gasteiger partial charge in [-0.3, -0.25) is 28.8 Å². The number of allylic oxidation sites excluding steroid dienone is 4. The number of aliphatic carboxylic acids is 1. The third kappa shape index (κ3) is 9.63. The van der Waals surface area contributed by atoms with Gasteiger partial charge in [0.25, 0.3) is 0 Å². The normalized spacial score (nSPS) is 35.4. The molecular weight excluding hydrogens is 928 g/mol. The van der Waals surface area contributed by atoms with E-state index in [2.05, 4.69) is 36.7 Å². The van der Waals surface area contributed by atoms with E-state index >= 15 is 8.78 Å². The van der Waals surface area contributed by atoms with E-state index in [4.69, 9.17) is 14.2 Å². The maximum atomic E-state index is 17.8. The van der Waals surface area contributed by atoms with Crippen LogP contribution in [-0.2, 0) is 38.2 Å². The Hall–Kier alpha value is -3.91. The molecule has 1 aliphatic heterocycles. The number of hydrogen-bond donors (Lipinski definition) is 5. The number of nitrogens with one attached hydrogen (secondary N) is 3. The number of ketones is 1. The third-order valence-corrected chi connectivity index (χ3v) is 18.5. The zero-order chi connectivity index (χ0) is 49.4. The zero-order valence-corrected chi connectivity index (χ0v) is 40.8. The van der Waals surface area contributed by atoms with Crippen molar-refractivity contribution in [2.45, 2.75) is 164 Å². The highest BCUT2D eigenvalue weighted by atomic mass is 32.2. The number of halogens is 3. The molecule has 68 heavy (non-hydrogen) atoms. The summed E-state index contributed by atoms with van der Waals surface area (Å²) in [6, 6.07) is 4.47. The van der Waals surface area contributed by atoms with E-state index in [0.717, 1.165) is 18.9 Å². The zero-order valence-electron chi connectivity index (χ0n) is 39.2. The first-order valence-corrected chi connectivity index (χ1v) is 25.7. The highest BCUT2D eigenvalue weighted by Gasteiger charge is 2.80. The molecule has 1 aromatic rings. The Morgan fingerprint density at radius 2 is 1.71 bits per heavy atom. The molecule has 3 amide bonds. The minimum absolute atomic E-state index is 0.0133. The van der Waals surface area contributed by atoms with E-state index in [9.17, 15) is 43.4 Å². The van der Waals surface area contributed by atoms with Gasteiger partial charge in [-0.1, -0.05) is 57.7 Å². The molecule has 0 bridgehead atoms. The van der Waals surface area contributed by atoms with Gasteiger partial charge in [0.15, 0.2) is 23.3 Å². The van der Waals surface area contributed by atoms with E-state index in [-0.39, 0.29) is 72.8 Å². The fourth-order valence-corrected chi connectivity index (χ4v) is 13.5. The number of alkyl halides is 3. The highest BCUT2D eigenvalue weighted by molar-refractivity contribution is 8.13. The van der Waals surface area contributed by atoms with Gasteiger partial charge >= 0.3 is 5.97 Å². The summed E-state index contributed by atoms with van der Waals surface area (Å²) < 4.78 is 67.1. The molecule has 7 rings (SSSR count). The Balaban J connectivity index is 0.942. The summed E-state index contributed by atoms with van der Waals surface area (Å²) in [4.78, 5) is 76.3. The van der Waals surface area contributed by atoms with E-state index in [1.54, 1.807) is 31.2 Å². The fourth-order valence-electron chi connectivity index (χ4n) is 11.8. The van der Waals surface area contributed by atoms with Crippen LogP contribution in [0.25, 0.3) is 0 Å². The lowest BCUT2D eigenvalue weighted by Crippen LogP contribution is -2.70.